The van der Waals surface area contributed by atoms with Gasteiger partial charge in [0.25, 0.3) is 0 Å². The Morgan fingerprint density at radius 1 is 1.11 bits per heavy atom. The van der Waals surface area contributed by atoms with E-state index in [9.17, 15) is 8.42 Å². The largest absolute Gasteiger partial charge is 0.462 e. The highest BCUT2D eigenvalue weighted by Crippen LogP contribution is 2.31. The molecule has 4 aromatic rings. The molecule has 144 valence electrons. The van der Waals surface area contributed by atoms with Gasteiger partial charge in [-0.05, 0) is 36.2 Å². The molecule has 0 spiro atoms. The molecule has 3 heterocycles. The Balaban J connectivity index is 1.46. The number of primary sulfonamides is 1. The standard InChI is InChI=1S/C17H16N6O3S2/c18-14-13-16(27-15(21-13)12-2-1-9-26-12)23-17(22-14)20-8-7-10-3-5-11(6-4-10)28(19,24)25/h1-6,9H,7-8H2,(H2,19,24,25)(H3,18,20,22,23). The molecular formula is C17H16N6O3S2. The zero-order valence-electron chi connectivity index (χ0n) is 14.5. The molecule has 4 rings (SSSR count). The molecule has 0 bridgehead atoms. The van der Waals surface area contributed by atoms with Crippen molar-refractivity contribution in [1.82, 2.24) is 15.0 Å². The Morgan fingerprint density at radius 2 is 1.89 bits per heavy atom. The fourth-order valence-electron chi connectivity index (χ4n) is 2.59. The van der Waals surface area contributed by atoms with Gasteiger partial charge in [0.1, 0.15) is 5.52 Å². The molecule has 3 aromatic heterocycles. The van der Waals surface area contributed by atoms with E-state index >= 15 is 0 Å². The van der Waals surface area contributed by atoms with Gasteiger partial charge in [0.15, 0.2) is 21.4 Å². The SMILES string of the molecule is Nc1nc(NCCc2ccc(S(N)(=O)=O)cc2)nc2sc(-c3ccco3)nc12. The summed E-state index contributed by atoms with van der Waals surface area (Å²) in [6.45, 7) is 0.545. The van der Waals surface area contributed by atoms with Gasteiger partial charge in [-0.25, -0.2) is 23.5 Å². The molecule has 0 aliphatic rings. The minimum absolute atomic E-state index is 0.0864. The molecule has 0 atom stereocenters. The van der Waals surface area contributed by atoms with Gasteiger partial charge >= 0.3 is 0 Å². The Bertz CT molecular complexity index is 1220. The third kappa shape index (κ3) is 3.81. The fourth-order valence-corrected chi connectivity index (χ4v) is 4.02. The van der Waals surface area contributed by atoms with Crippen LogP contribution in [0.15, 0.2) is 52.0 Å². The zero-order valence-corrected chi connectivity index (χ0v) is 16.1. The number of aromatic nitrogens is 3. The first-order valence-electron chi connectivity index (χ1n) is 8.24. The summed E-state index contributed by atoms with van der Waals surface area (Å²) in [6.07, 6.45) is 2.23. The van der Waals surface area contributed by atoms with Crippen LogP contribution in [0.3, 0.4) is 0 Å². The van der Waals surface area contributed by atoms with Crippen LogP contribution in [0.4, 0.5) is 11.8 Å². The molecule has 0 unspecified atom stereocenters. The Morgan fingerprint density at radius 3 is 2.57 bits per heavy atom. The first-order chi connectivity index (χ1) is 13.4. The van der Waals surface area contributed by atoms with Gasteiger partial charge in [0, 0.05) is 6.54 Å². The quantitative estimate of drug-likeness (QED) is 0.433. The van der Waals surface area contributed by atoms with Crippen LogP contribution in [-0.2, 0) is 16.4 Å². The number of nitrogens with zero attached hydrogens (tertiary/aromatic N) is 3. The first kappa shape index (κ1) is 18.3. The molecule has 0 radical (unpaired) electrons. The van der Waals surface area contributed by atoms with Crippen molar-refractivity contribution in [2.75, 3.05) is 17.6 Å². The van der Waals surface area contributed by atoms with Crippen LogP contribution in [0.25, 0.3) is 21.1 Å². The molecule has 0 amide bonds. The number of rotatable bonds is 6. The van der Waals surface area contributed by atoms with Crippen molar-refractivity contribution in [1.29, 1.82) is 0 Å². The fraction of sp³-hybridized carbons (Fsp3) is 0.118. The summed E-state index contributed by atoms with van der Waals surface area (Å²) in [6, 6.07) is 10.0. The Labute approximate surface area is 164 Å². The topological polar surface area (TPSA) is 150 Å². The van der Waals surface area contributed by atoms with Gasteiger partial charge in [-0.2, -0.15) is 4.98 Å². The summed E-state index contributed by atoms with van der Waals surface area (Å²) in [5, 5.41) is 8.91. The van der Waals surface area contributed by atoms with Crippen LogP contribution in [0.5, 0.6) is 0 Å². The molecule has 0 aliphatic carbocycles. The first-order valence-corrected chi connectivity index (χ1v) is 10.6. The van der Waals surface area contributed by atoms with E-state index in [-0.39, 0.29) is 4.90 Å². The highest BCUT2D eigenvalue weighted by Gasteiger charge is 2.14. The smallest absolute Gasteiger partial charge is 0.238 e. The molecule has 9 nitrogen and oxygen atoms in total. The van der Waals surface area contributed by atoms with Crippen LogP contribution in [0.2, 0.25) is 0 Å². The average molecular weight is 416 g/mol. The van der Waals surface area contributed by atoms with Crippen LogP contribution in [0.1, 0.15) is 5.56 Å². The third-order valence-electron chi connectivity index (χ3n) is 3.97. The van der Waals surface area contributed by atoms with Gasteiger partial charge < -0.3 is 15.5 Å². The molecule has 0 saturated carbocycles. The second kappa shape index (κ2) is 7.19. The molecule has 0 saturated heterocycles. The molecule has 5 N–H and O–H groups in total. The van der Waals surface area contributed by atoms with Crippen LogP contribution in [0, 0.1) is 0 Å². The number of fused-ring (bicyclic) bond motifs is 1. The van der Waals surface area contributed by atoms with Crippen molar-refractivity contribution in [2.45, 2.75) is 11.3 Å². The highest BCUT2D eigenvalue weighted by molar-refractivity contribution is 7.89. The molecule has 28 heavy (non-hydrogen) atoms. The average Bonchev–Trinajstić information content (AvgIpc) is 3.31. The van der Waals surface area contributed by atoms with Crippen molar-refractivity contribution in [3.63, 3.8) is 0 Å². The molecule has 1 aromatic carbocycles. The maximum absolute atomic E-state index is 11.3. The van der Waals surface area contributed by atoms with Crippen LogP contribution < -0.4 is 16.2 Å². The van der Waals surface area contributed by atoms with Crippen molar-refractivity contribution < 1.29 is 12.8 Å². The number of thiazole rings is 1. The van der Waals surface area contributed by atoms with E-state index in [1.807, 2.05) is 6.07 Å². The number of hydrogen-bond acceptors (Lipinski definition) is 9. The molecular weight excluding hydrogens is 400 g/mol. The zero-order chi connectivity index (χ0) is 19.7. The van der Waals surface area contributed by atoms with Gasteiger partial charge in [-0.3, -0.25) is 0 Å². The van der Waals surface area contributed by atoms with E-state index in [0.29, 0.717) is 45.8 Å². The Hall–Kier alpha value is -3.02. The second-order valence-electron chi connectivity index (χ2n) is 5.95. The number of sulfonamides is 1. The van der Waals surface area contributed by atoms with E-state index in [1.54, 1.807) is 24.5 Å². The minimum Gasteiger partial charge on any atom is -0.462 e. The number of anilines is 2. The summed E-state index contributed by atoms with van der Waals surface area (Å²) < 4.78 is 27.9. The van der Waals surface area contributed by atoms with Gasteiger partial charge in [-0.15, -0.1) is 0 Å². The van der Waals surface area contributed by atoms with E-state index in [0.717, 1.165) is 5.56 Å². The molecule has 11 heteroatoms. The van der Waals surface area contributed by atoms with Gasteiger partial charge in [0.2, 0.25) is 16.0 Å². The number of furan rings is 1. The van der Waals surface area contributed by atoms with Crippen LogP contribution >= 0.6 is 11.3 Å². The van der Waals surface area contributed by atoms with E-state index < -0.39 is 10.0 Å². The van der Waals surface area contributed by atoms with Gasteiger partial charge in [0.05, 0.1) is 11.2 Å². The second-order valence-corrected chi connectivity index (χ2v) is 8.49. The van der Waals surface area contributed by atoms with Crippen molar-refractivity contribution in [2.24, 2.45) is 5.14 Å². The molecule has 0 fully saturated rings. The monoisotopic (exact) mass is 416 g/mol. The molecule has 0 aliphatic heterocycles. The predicted molar refractivity (Wildman–Crippen MR) is 107 cm³/mol. The van der Waals surface area contributed by atoms with Crippen LogP contribution in [-0.4, -0.2) is 29.9 Å². The summed E-state index contributed by atoms with van der Waals surface area (Å²) >= 11 is 1.37. The number of hydrogen-bond donors (Lipinski definition) is 3. The lowest BCUT2D eigenvalue weighted by Crippen LogP contribution is -2.12. The third-order valence-corrected chi connectivity index (χ3v) is 5.86. The maximum atomic E-state index is 11.3. The summed E-state index contributed by atoms with van der Waals surface area (Å²) in [7, 11) is -3.68. The van der Waals surface area contributed by atoms with E-state index in [4.69, 9.17) is 15.3 Å². The predicted octanol–water partition coefficient (Wildman–Crippen LogP) is 2.23. The van der Waals surface area contributed by atoms with Gasteiger partial charge in [-0.1, -0.05) is 23.5 Å². The normalized spacial score (nSPS) is 11.8. The summed E-state index contributed by atoms with van der Waals surface area (Å²) in [5.74, 6) is 1.35. The lowest BCUT2D eigenvalue weighted by molar-refractivity contribution is 0.582. The Kier molecular flexibility index (Phi) is 4.71. The number of nitrogens with one attached hydrogen (secondary N) is 1. The van der Waals surface area contributed by atoms with Crippen molar-refractivity contribution in [3.8, 4) is 10.8 Å². The number of nitrogen functional groups attached to an aromatic ring is 1. The summed E-state index contributed by atoms with van der Waals surface area (Å²) in [5.41, 5.74) is 7.51. The number of nitrogens with two attached hydrogens (primary N) is 2. The van der Waals surface area contributed by atoms with Crippen molar-refractivity contribution in [3.05, 3.63) is 48.2 Å². The van der Waals surface area contributed by atoms with E-state index in [1.165, 1.54) is 23.5 Å². The lowest BCUT2D eigenvalue weighted by Gasteiger charge is -2.06. The number of benzene rings is 1. The van der Waals surface area contributed by atoms with E-state index in [2.05, 4.69) is 20.3 Å². The van der Waals surface area contributed by atoms with Crippen molar-refractivity contribution >= 4 is 43.5 Å². The lowest BCUT2D eigenvalue weighted by atomic mass is 10.1. The highest BCUT2D eigenvalue weighted by atomic mass is 32.2. The summed E-state index contributed by atoms with van der Waals surface area (Å²) in [4.78, 5) is 13.9. The maximum Gasteiger partial charge on any atom is 0.238 e. The minimum atomic E-state index is -3.68.